The SMILES string of the molecule is CNC1CCC(OC2CC(O)(C(=O)CO)Cc3c(O)c4c(c(O)c32)C(=O)c2c(OC)cccc2C4=O)C(C)C1O. The van der Waals surface area contributed by atoms with Crippen LogP contribution in [0.15, 0.2) is 18.2 Å². The van der Waals surface area contributed by atoms with Gasteiger partial charge in [0, 0.05) is 41.5 Å². The van der Waals surface area contributed by atoms with Gasteiger partial charge in [-0.15, -0.1) is 0 Å². The summed E-state index contributed by atoms with van der Waals surface area (Å²) in [5, 5.41) is 57.7. The highest BCUT2D eigenvalue weighted by Gasteiger charge is 2.50. The Morgan fingerprint density at radius 1 is 1.10 bits per heavy atom. The second-order valence-corrected chi connectivity index (χ2v) is 10.9. The number of fused-ring (bicyclic) bond motifs is 3. The maximum atomic E-state index is 13.7. The van der Waals surface area contributed by atoms with Gasteiger partial charge in [-0.2, -0.15) is 0 Å². The summed E-state index contributed by atoms with van der Waals surface area (Å²) in [6.07, 6.45) is -2.39. The minimum atomic E-state index is -2.18. The molecule has 214 valence electrons. The minimum absolute atomic E-state index is 0.0245. The maximum absolute atomic E-state index is 13.7. The summed E-state index contributed by atoms with van der Waals surface area (Å²) in [7, 11) is 3.09. The molecule has 3 aliphatic carbocycles. The zero-order chi connectivity index (χ0) is 29.1. The molecule has 11 nitrogen and oxygen atoms in total. The molecule has 0 radical (unpaired) electrons. The summed E-state index contributed by atoms with van der Waals surface area (Å²) in [5.41, 5.74) is -3.28. The van der Waals surface area contributed by atoms with E-state index in [1.54, 1.807) is 14.0 Å². The second kappa shape index (κ2) is 10.2. The van der Waals surface area contributed by atoms with Crippen LogP contribution in [0, 0.1) is 5.92 Å². The van der Waals surface area contributed by atoms with Gasteiger partial charge in [-0.3, -0.25) is 14.4 Å². The molecule has 6 unspecified atom stereocenters. The van der Waals surface area contributed by atoms with Crippen molar-refractivity contribution in [3.63, 3.8) is 0 Å². The van der Waals surface area contributed by atoms with Crippen LogP contribution in [-0.4, -0.2) is 87.5 Å². The van der Waals surface area contributed by atoms with E-state index in [1.165, 1.54) is 25.3 Å². The number of phenols is 2. The molecule has 11 heteroatoms. The molecule has 2 aromatic carbocycles. The lowest BCUT2D eigenvalue weighted by Gasteiger charge is -2.43. The van der Waals surface area contributed by atoms with Crippen molar-refractivity contribution in [1.29, 1.82) is 0 Å². The van der Waals surface area contributed by atoms with E-state index < -0.39 is 76.9 Å². The first kappa shape index (κ1) is 28.2. The topological polar surface area (TPSA) is 183 Å². The van der Waals surface area contributed by atoms with Gasteiger partial charge in [0.2, 0.25) is 5.78 Å². The van der Waals surface area contributed by atoms with Crippen molar-refractivity contribution in [2.24, 2.45) is 5.92 Å². The molecule has 0 saturated heterocycles. The molecule has 0 bridgehead atoms. The van der Waals surface area contributed by atoms with Crippen LogP contribution in [0.25, 0.3) is 0 Å². The van der Waals surface area contributed by atoms with Gasteiger partial charge in [0.15, 0.2) is 11.6 Å². The van der Waals surface area contributed by atoms with Gasteiger partial charge in [-0.05, 0) is 26.0 Å². The number of hydrogen-bond acceptors (Lipinski definition) is 11. The molecule has 0 heterocycles. The fourth-order valence-electron chi connectivity index (χ4n) is 6.48. The van der Waals surface area contributed by atoms with E-state index in [0.29, 0.717) is 12.8 Å². The molecule has 0 spiro atoms. The van der Waals surface area contributed by atoms with Gasteiger partial charge in [-0.25, -0.2) is 0 Å². The fraction of sp³-hybridized carbons (Fsp3) is 0.483. The first-order chi connectivity index (χ1) is 19.0. The Bertz CT molecular complexity index is 1400. The van der Waals surface area contributed by atoms with Crippen LogP contribution in [0.1, 0.15) is 75.3 Å². The summed E-state index contributed by atoms with van der Waals surface area (Å²) < 4.78 is 11.6. The van der Waals surface area contributed by atoms with Gasteiger partial charge < -0.3 is 40.3 Å². The summed E-state index contributed by atoms with van der Waals surface area (Å²) >= 11 is 0. The van der Waals surface area contributed by atoms with Gasteiger partial charge in [-0.1, -0.05) is 19.1 Å². The Hall–Kier alpha value is -3.35. The third kappa shape index (κ3) is 4.11. The number of rotatable bonds is 6. The number of aliphatic hydroxyl groups is 3. The number of phenolic OH excluding ortho intramolecular Hbond substituents is 2. The highest BCUT2D eigenvalue weighted by atomic mass is 16.5. The van der Waals surface area contributed by atoms with Crippen molar-refractivity contribution in [2.45, 2.75) is 62.6 Å². The lowest BCUT2D eigenvalue weighted by atomic mass is 9.71. The molecule has 0 amide bonds. The molecule has 1 saturated carbocycles. The zero-order valence-electron chi connectivity index (χ0n) is 22.4. The number of ketones is 3. The van der Waals surface area contributed by atoms with E-state index in [9.17, 15) is 39.9 Å². The average molecular weight is 556 g/mol. The number of methoxy groups -OCH3 is 1. The predicted molar refractivity (Wildman–Crippen MR) is 140 cm³/mol. The number of hydrogen-bond donors (Lipinski definition) is 6. The van der Waals surface area contributed by atoms with Crippen LogP contribution in [0.3, 0.4) is 0 Å². The van der Waals surface area contributed by atoms with Crippen molar-refractivity contribution in [2.75, 3.05) is 20.8 Å². The number of likely N-dealkylation sites (N-methyl/N-ethyl adjacent to an activating group) is 1. The largest absolute Gasteiger partial charge is 0.507 e. The number of carbonyl (C=O) groups excluding carboxylic acids is 3. The third-order valence-electron chi connectivity index (χ3n) is 8.75. The Balaban J connectivity index is 1.68. The highest BCUT2D eigenvalue weighted by molar-refractivity contribution is 6.31. The standard InChI is InChI=1S/C29H33NO10/c1-12-16(8-7-15(30-2)24(12)33)40-18-10-29(38,19(32)11-31)9-14-21(18)28(37)23-22(26(14)35)25(34)13-5-4-6-17(39-3)20(13)27(23)36/h4-6,12,15-16,18,24,30-31,33,35,37-38H,7-11H2,1-3H3. The molecule has 3 aliphatic rings. The van der Waals surface area contributed by atoms with E-state index in [4.69, 9.17) is 9.47 Å². The van der Waals surface area contributed by atoms with Gasteiger partial charge >= 0.3 is 0 Å². The first-order valence-corrected chi connectivity index (χ1v) is 13.2. The van der Waals surface area contributed by atoms with Crippen LogP contribution in [-0.2, 0) is 16.0 Å². The molecule has 40 heavy (non-hydrogen) atoms. The summed E-state index contributed by atoms with van der Waals surface area (Å²) in [4.78, 5) is 40.0. The van der Waals surface area contributed by atoms with Crippen LogP contribution in [0.2, 0.25) is 0 Å². The number of aliphatic hydroxyl groups excluding tert-OH is 2. The van der Waals surface area contributed by atoms with Crippen molar-refractivity contribution < 1.29 is 49.4 Å². The van der Waals surface area contributed by atoms with Gasteiger partial charge in [0.25, 0.3) is 0 Å². The molecular weight excluding hydrogens is 522 g/mol. The first-order valence-electron chi connectivity index (χ1n) is 13.2. The predicted octanol–water partition coefficient (Wildman–Crippen LogP) is 0.926. The normalized spacial score (nSPS) is 29.4. The van der Waals surface area contributed by atoms with E-state index >= 15 is 0 Å². The Morgan fingerprint density at radius 2 is 1.80 bits per heavy atom. The Labute approximate surface area is 230 Å². The van der Waals surface area contributed by atoms with Crippen LogP contribution in [0.5, 0.6) is 17.2 Å². The van der Waals surface area contributed by atoms with E-state index in [2.05, 4.69) is 5.32 Å². The van der Waals surface area contributed by atoms with Crippen molar-refractivity contribution in [3.8, 4) is 17.2 Å². The molecule has 0 aliphatic heterocycles. The van der Waals surface area contributed by atoms with E-state index in [0.717, 1.165) is 0 Å². The number of benzene rings is 2. The molecule has 1 fully saturated rings. The number of aromatic hydroxyl groups is 2. The molecule has 6 N–H and O–H groups in total. The minimum Gasteiger partial charge on any atom is -0.507 e. The second-order valence-electron chi connectivity index (χ2n) is 10.9. The lowest BCUT2D eigenvalue weighted by molar-refractivity contribution is -0.155. The van der Waals surface area contributed by atoms with Gasteiger partial charge in [0.1, 0.15) is 29.5 Å². The quantitative estimate of drug-likeness (QED) is 0.238. The highest BCUT2D eigenvalue weighted by Crippen LogP contribution is 2.52. The van der Waals surface area contributed by atoms with Crippen molar-refractivity contribution in [1.82, 2.24) is 5.32 Å². The average Bonchev–Trinajstić information content (AvgIpc) is 2.94. The lowest BCUT2D eigenvalue weighted by Crippen LogP contribution is -2.51. The zero-order valence-corrected chi connectivity index (χ0v) is 22.4. The molecule has 6 atom stereocenters. The number of nitrogens with one attached hydrogen (secondary N) is 1. The molecular formula is C29H33NO10. The number of ether oxygens (including phenoxy) is 2. The number of Topliss-reactive ketones (excluding diaryl/α,β-unsaturated/α-hetero) is 1. The molecule has 0 aromatic heterocycles. The van der Waals surface area contributed by atoms with Crippen molar-refractivity contribution >= 4 is 17.3 Å². The molecule has 5 rings (SSSR count). The molecule has 2 aromatic rings. The van der Waals surface area contributed by atoms with Gasteiger partial charge in [0.05, 0.1) is 42.1 Å². The van der Waals surface area contributed by atoms with E-state index in [-0.39, 0.29) is 46.4 Å². The van der Waals surface area contributed by atoms with Crippen LogP contribution >= 0.6 is 0 Å². The van der Waals surface area contributed by atoms with Crippen LogP contribution < -0.4 is 10.1 Å². The Kier molecular flexibility index (Phi) is 7.22. The summed E-state index contributed by atoms with van der Waals surface area (Å²) in [6, 6.07) is 4.27. The summed E-state index contributed by atoms with van der Waals surface area (Å²) in [5.74, 6) is -3.91. The Morgan fingerprint density at radius 3 is 2.45 bits per heavy atom. The smallest absolute Gasteiger partial charge is 0.202 e. The monoisotopic (exact) mass is 555 g/mol. The fourth-order valence-corrected chi connectivity index (χ4v) is 6.48. The summed E-state index contributed by atoms with van der Waals surface area (Å²) in [6.45, 7) is 0.812. The van der Waals surface area contributed by atoms with Crippen LogP contribution in [0.4, 0.5) is 0 Å². The number of carbonyl (C=O) groups is 3. The maximum Gasteiger partial charge on any atom is 0.202 e. The third-order valence-corrected chi connectivity index (χ3v) is 8.75. The van der Waals surface area contributed by atoms with Crippen molar-refractivity contribution in [3.05, 3.63) is 51.6 Å². The van der Waals surface area contributed by atoms with E-state index in [1.807, 2.05) is 0 Å².